The lowest BCUT2D eigenvalue weighted by atomic mass is 10.1. The summed E-state index contributed by atoms with van der Waals surface area (Å²) in [4.78, 5) is 16.7. The van der Waals surface area contributed by atoms with Gasteiger partial charge in [0.2, 0.25) is 0 Å². The van der Waals surface area contributed by atoms with Gasteiger partial charge in [-0.15, -0.1) is 0 Å². The van der Waals surface area contributed by atoms with Crippen molar-refractivity contribution in [3.8, 4) is 16.9 Å². The Balaban J connectivity index is 1.71. The third-order valence-corrected chi connectivity index (χ3v) is 5.19. The first-order valence-corrected chi connectivity index (χ1v) is 9.96. The second kappa shape index (κ2) is 8.54. The van der Waals surface area contributed by atoms with Crippen LogP contribution in [0.2, 0.25) is 0 Å². The van der Waals surface area contributed by atoms with Gasteiger partial charge in [-0.1, -0.05) is 15.9 Å². The number of halogens is 5. The summed E-state index contributed by atoms with van der Waals surface area (Å²) in [5.41, 5.74) is 0.859. The van der Waals surface area contributed by atoms with E-state index in [9.17, 15) is 22.4 Å². The summed E-state index contributed by atoms with van der Waals surface area (Å²) in [7, 11) is 0. The Morgan fingerprint density at radius 3 is 2.28 bits per heavy atom. The molecule has 4 aromatic rings. The third kappa shape index (κ3) is 4.54. The number of pyridine rings is 1. The van der Waals surface area contributed by atoms with E-state index in [0.717, 1.165) is 23.8 Å². The fraction of sp³-hybridized carbons (Fsp3) is 0.0455. The Labute approximate surface area is 187 Å². The summed E-state index contributed by atoms with van der Waals surface area (Å²) in [6.07, 6.45) is -1.37. The van der Waals surface area contributed by atoms with Gasteiger partial charge in [-0.3, -0.25) is 9.78 Å². The van der Waals surface area contributed by atoms with Crippen molar-refractivity contribution < 1.29 is 22.4 Å². The molecule has 0 aliphatic heterocycles. The van der Waals surface area contributed by atoms with Crippen LogP contribution in [0, 0.1) is 5.82 Å². The molecule has 0 atom stereocenters. The van der Waals surface area contributed by atoms with Gasteiger partial charge in [-0.25, -0.2) is 9.07 Å². The molecule has 2 aromatic carbocycles. The van der Waals surface area contributed by atoms with E-state index in [1.54, 1.807) is 30.6 Å². The standard InChI is InChI=1S/C22H13BrF4N4O/c23-18-11-14(1-6-17(18)22(25,26)27)21(32)29-20-12-19(13-7-9-28-10-8-13)30-31(20)16-4-2-15(24)3-5-16/h1-12H,(H,29,32). The van der Waals surface area contributed by atoms with E-state index in [1.165, 1.54) is 28.9 Å². The molecule has 0 radical (unpaired) electrons. The molecule has 2 heterocycles. The molecule has 2 aromatic heterocycles. The molecule has 0 spiro atoms. The number of nitrogens with one attached hydrogen (secondary N) is 1. The average Bonchev–Trinajstić information content (AvgIpc) is 3.17. The van der Waals surface area contributed by atoms with Crippen molar-refractivity contribution in [3.05, 3.63) is 94.5 Å². The summed E-state index contributed by atoms with van der Waals surface area (Å²) >= 11 is 2.87. The van der Waals surface area contributed by atoms with E-state index >= 15 is 0 Å². The zero-order valence-electron chi connectivity index (χ0n) is 16.1. The van der Waals surface area contributed by atoms with Crippen molar-refractivity contribution in [3.63, 3.8) is 0 Å². The maximum Gasteiger partial charge on any atom is 0.417 e. The number of hydrogen-bond acceptors (Lipinski definition) is 3. The minimum atomic E-state index is -4.55. The molecule has 0 fully saturated rings. The van der Waals surface area contributed by atoms with Gasteiger partial charge in [0.05, 0.1) is 16.9 Å². The van der Waals surface area contributed by atoms with Crippen molar-refractivity contribution in [1.82, 2.24) is 14.8 Å². The first-order chi connectivity index (χ1) is 15.2. The highest BCUT2D eigenvalue weighted by atomic mass is 79.9. The number of carbonyl (C=O) groups is 1. The number of carbonyl (C=O) groups excluding carboxylic acids is 1. The largest absolute Gasteiger partial charge is 0.417 e. The lowest BCUT2D eigenvalue weighted by Crippen LogP contribution is -2.16. The maximum absolute atomic E-state index is 13.4. The molecule has 0 aliphatic rings. The SMILES string of the molecule is O=C(Nc1cc(-c2ccncc2)nn1-c1ccc(F)cc1)c1ccc(C(F)(F)F)c(Br)c1. The number of alkyl halides is 3. The van der Waals surface area contributed by atoms with Crippen molar-refractivity contribution in [2.75, 3.05) is 5.32 Å². The smallest absolute Gasteiger partial charge is 0.306 e. The molecule has 0 saturated carbocycles. The summed E-state index contributed by atoms with van der Waals surface area (Å²) in [5.74, 6) is -0.816. The van der Waals surface area contributed by atoms with E-state index in [-0.39, 0.29) is 15.9 Å². The molecule has 1 N–H and O–H groups in total. The van der Waals surface area contributed by atoms with Crippen LogP contribution in [0.4, 0.5) is 23.4 Å². The van der Waals surface area contributed by atoms with Crippen molar-refractivity contribution in [1.29, 1.82) is 0 Å². The topological polar surface area (TPSA) is 59.8 Å². The predicted octanol–water partition coefficient (Wildman–Crippen LogP) is 6.11. The highest BCUT2D eigenvalue weighted by Crippen LogP contribution is 2.35. The van der Waals surface area contributed by atoms with E-state index in [2.05, 4.69) is 31.3 Å². The van der Waals surface area contributed by atoms with Crippen LogP contribution < -0.4 is 5.32 Å². The third-order valence-electron chi connectivity index (χ3n) is 4.53. The van der Waals surface area contributed by atoms with Gasteiger partial charge < -0.3 is 5.32 Å². The Bertz CT molecular complexity index is 1270. The molecular weight excluding hydrogens is 492 g/mol. The molecule has 1 amide bonds. The van der Waals surface area contributed by atoms with Crippen molar-refractivity contribution in [2.24, 2.45) is 0 Å². The van der Waals surface area contributed by atoms with Gasteiger partial charge in [0.25, 0.3) is 5.91 Å². The quantitative estimate of drug-likeness (QED) is 0.341. The van der Waals surface area contributed by atoms with Gasteiger partial charge in [-0.05, 0) is 54.6 Å². The monoisotopic (exact) mass is 504 g/mol. The van der Waals surface area contributed by atoms with Crippen LogP contribution >= 0.6 is 15.9 Å². The van der Waals surface area contributed by atoms with Crippen LogP contribution in [-0.4, -0.2) is 20.7 Å². The zero-order valence-corrected chi connectivity index (χ0v) is 17.7. The molecule has 32 heavy (non-hydrogen) atoms. The minimum Gasteiger partial charge on any atom is -0.306 e. The van der Waals surface area contributed by atoms with Crippen LogP contribution in [0.5, 0.6) is 0 Å². The van der Waals surface area contributed by atoms with Gasteiger partial charge in [-0.2, -0.15) is 18.3 Å². The lowest BCUT2D eigenvalue weighted by Gasteiger charge is -2.12. The fourth-order valence-electron chi connectivity index (χ4n) is 2.99. The molecule has 162 valence electrons. The zero-order chi connectivity index (χ0) is 22.9. The van der Waals surface area contributed by atoms with E-state index in [0.29, 0.717) is 11.4 Å². The van der Waals surface area contributed by atoms with Gasteiger partial charge in [0.1, 0.15) is 11.6 Å². The fourth-order valence-corrected chi connectivity index (χ4v) is 3.59. The van der Waals surface area contributed by atoms with E-state index in [1.807, 2.05) is 0 Å². The first kappa shape index (κ1) is 21.7. The van der Waals surface area contributed by atoms with E-state index in [4.69, 9.17) is 0 Å². The first-order valence-electron chi connectivity index (χ1n) is 9.17. The number of rotatable bonds is 4. The Hall–Kier alpha value is -3.53. The Morgan fingerprint density at radius 1 is 0.969 bits per heavy atom. The molecular formula is C22H13BrF4N4O. The van der Waals surface area contributed by atoms with Crippen LogP contribution in [0.1, 0.15) is 15.9 Å². The number of benzene rings is 2. The normalized spacial score (nSPS) is 11.4. The summed E-state index contributed by atoms with van der Waals surface area (Å²) in [5, 5.41) is 7.15. The average molecular weight is 505 g/mol. The molecule has 0 unspecified atom stereocenters. The predicted molar refractivity (Wildman–Crippen MR) is 114 cm³/mol. The minimum absolute atomic E-state index is 0.0159. The molecule has 0 saturated heterocycles. The van der Waals surface area contributed by atoms with Crippen molar-refractivity contribution in [2.45, 2.75) is 6.18 Å². The van der Waals surface area contributed by atoms with Gasteiger partial charge in [0, 0.05) is 34.1 Å². The van der Waals surface area contributed by atoms with Crippen LogP contribution in [0.15, 0.2) is 77.5 Å². The lowest BCUT2D eigenvalue weighted by molar-refractivity contribution is -0.138. The second-order valence-electron chi connectivity index (χ2n) is 6.69. The number of aromatic nitrogens is 3. The highest BCUT2D eigenvalue weighted by Gasteiger charge is 2.33. The summed E-state index contributed by atoms with van der Waals surface area (Å²) in [6, 6.07) is 13.6. The van der Waals surface area contributed by atoms with Crippen LogP contribution in [0.3, 0.4) is 0 Å². The number of nitrogens with zero attached hydrogens (tertiary/aromatic N) is 3. The van der Waals surface area contributed by atoms with Crippen molar-refractivity contribution >= 4 is 27.7 Å². The number of hydrogen-bond donors (Lipinski definition) is 1. The Kier molecular flexibility index (Phi) is 5.79. The summed E-state index contributed by atoms with van der Waals surface area (Å²) < 4.78 is 53.5. The second-order valence-corrected chi connectivity index (χ2v) is 7.54. The molecule has 4 rings (SSSR count). The van der Waals surface area contributed by atoms with Crippen LogP contribution in [-0.2, 0) is 6.18 Å². The summed E-state index contributed by atoms with van der Waals surface area (Å²) in [6.45, 7) is 0. The maximum atomic E-state index is 13.4. The Morgan fingerprint density at radius 2 is 1.66 bits per heavy atom. The van der Waals surface area contributed by atoms with Gasteiger partial charge >= 0.3 is 6.18 Å². The molecule has 10 heteroatoms. The molecule has 5 nitrogen and oxygen atoms in total. The molecule has 0 aliphatic carbocycles. The highest BCUT2D eigenvalue weighted by molar-refractivity contribution is 9.10. The number of anilines is 1. The van der Waals surface area contributed by atoms with Gasteiger partial charge in [0.15, 0.2) is 0 Å². The van der Waals surface area contributed by atoms with Crippen LogP contribution in [0.25, 0.3) is 16.9 Å². The van der Waals surface area contributed by atoms with E-state index < -0.39 is 23.5 Å². The number of amides is 1. The molecule has 0 bridgehead atoms.